The highest BCUT2D eigenvalue weighted by Gasteiger charge is 2.10. The highest BCUT2D eigenvalue weighted by atomic mass is 16.5. The van der Waals surface area contributed by atoms with E-state index in [1.807, 2.05) is 37.3 Å². The number of rotatable bonds is 7. The number of benzene rings is 2. The summed E-state index contributed by atoms with van der Waals surface area (Å²) in [6.07, 6.45) is 0.739. The molecule has 0 atom stereocenters. The first-order chi connectivity index (χ1) is 12.1. The average molecular weight is 341 g/mol. The Hall–Kier alpha value is -2.86. The van der Waals surface area contributed by atoms with Gasteiger partial charge in [-0.25, -0.2) is 4.79 Å². The monoisotopic (exact) mass is 341 g/mol. The number of hydrogen-bond donors (Lipinski definition) is 3. The van der Waals surface area contributed by atoms with Crippen LogP contribution in [0.2, 0.25) is 0 Å². The number of carbonyl (C=O) groups excluding carboxylic acids is 2. The average Bonchev–Trinajstić information content (AvgIpc) is 2.61. The van der Waals surface area contributed by atoms with Gasteiger partial charge >= 0.3 is 6.03 Å². The fourth-order valence-electron chi connectivity index (χ4n) is 2.21. The lowest BCUT2D eigenvalue weighted by molar-refractivity contribution is 0.102. The molecule has 0 saturated heterocycles. The van der Waals surface area contributed by atoms with E-state index in [1.54, 1.807) is 25.3 Å². The van der Waals surface area contributed by atoms with Gasteiger partial charge in [0.15, 0.2) is 0 Å². The van der Waals surface area contributed by atoms with Crippen LogP contribution in [0.15, 0.2) is 48.5 Å². The molecule has 0 heterocycles. The summed E-state index contributed by atoms with van der Waals surface area (Å²) < 4.78 is 4.94. The molecule has 0 unspecified atom stereocenters. The van der Waals surface area contributed by atoms with Gasteiger partial charge in [-0.2, -0.15) is 0 Å². The van der Waals surface area contributed by atoms with Crippen molar-refractivity contribution in [2.45, 2.75) is 13.3 Å². The second kappa shape index (κ2) is 9.44. The summed E-state index contributed by atoms with van der Waals surface area (Å²) in [5.74, 6) is -0.227. The third-order valence-corrected chi connectivity index (χ3v) is 3.59. The summed E-state index contributed by atoms with van der Waals surface area (Å²) in [7, 11) is 1.62. The second-order valence-corrected chi connectivity index (χ2v) is 5.58. The van der Waals surface area contributed by atoms with E-state index in [9.17, 15) is 9.59 Å². The summed E-state index contributed by atoms with van der Waals surface area (Å²) in [5.41, 5.74) is 2.68. The van der Waals surface area contributed by atoms with Gasteiger partial charge in [0.2, 0.25) is 0 Å². The molecule has 0 fully saturated rings. The molecule has 2 rings (SSSR count). The Balaban J connectivity index is 1.99. The van der Waals surface area contributed by atoms with Gasteiger partial charge in [-0.15, -0.1) is 0 Å². The van der Waals surface area contributed by atoms with Crippen LogP contribution in [0.1, 0.15) is 22.3 Å². The first kappa shape index (κ1) is 18.5. The van der Waals surface area contributed by atoms with Gasteiger partial charge in [0, 0.05) is 37.2 Å². The zero-order valence-corrected chi connectivity index (χ0v) is 14.5. The number of anilines is 2. The zero-order valence-electron chi connectivity index (χ0n) is 14.5. The molecule has 3 N–H and O–H groups in total. The Morgan fingerprint density at radius 3 is 2.52 bits per heavy atom. The summed E-state index contributed by atoms with van der Waals surface area (Å²) in [6.45, 7) is 2.99. The summed E-state index contributed by atoms with van der Waals surface area (Å²) in [4.78, 5) is 24.3. The predicted octanol–water partition coefficient (Wildman–Crippen LogP) is 3.41. The summed E-state index contributed by atoms with van der Waals surface area (Å²) in [5, 5.41) is 8.35. The number of nitrogens with one attached hydrogen (secondary N) is 3. The topological polar surface area (TPSA) is 79.5 Å². The molecule has 0 aliphatic rings. The van der Waals surface area contributed by atoms with Gasteiger partial charge in [0.25, 0.3) is 5.91 Å². The largest absolute Gasteiger partial charge is 0.385 e. The lowest BCUT2D eigenvalue weighted by Gasteiger charge is -2.12. The van der Waals surface area contributed by atoms with Crippen LogP contribution in [0.3, 0.4) is 0 Å². The Morgan fingerprint density at radius 2 is 1.80 bits per heavy atom. The highest BCUT2D eigenvalue weighted by molar-refractivity contribution is 6.05. The first-order valence-electron chi connectivity index (χ1n) is 8.11. The minimum Gasteiger partial charge on any atom is -0.385 e. The van der Waals surface area contributed by atoms with Crippen LogP contribution in [0, 0.1) is 6.92 Å². The number of para-hydroxylation sites is 1. The van der Waals surface area contributed by atoms with Gasteiger partial charge in [0.05, 0.1) is 0 Å². The van der Waals surface area contributed by atoms with E-state index in [0.717, 1.165) is 17.7 Å². The first-order valence-corrected chi connectivity index (χ1v) is 8.11. The quantitative estimate of drug-likeness (QED) is 0.675. The maximum absolute atomic E-state index is 12.4. The second-order valence-electron chi connectivity index (χ2n) is 5.58. The van der Waals surface area contributed by atoms with Crippen molar-refractivity contribution in [1.82, 2.24) is 5.32 Å². The number of aryl methyl sites for hydroxylation is 1. The lowest BCUT2D eigenvalue weighted by atomic mass is 10.1. The summed E-state index contributed by atoms with van der Waals surface area (Å²) >= 11 is 0. The van der Waals surface area contributed by atoms with Crippen molar-refractivity contribution < 1.29 is 14.3 Å². The van der Waals surface area contributed by atoms with Crippen LogP contribution >= 0.6 is 0 Å². The third-order valence-electron chi connectivity index (χ3n) is 3.59. The lowest BCUT2D eigenvalue weighted by Crippen LogP contribution is -2.30. The van der Waals surface area contributed by atoms with Crippen molar-refractivity contribution in [3.8, 4) is 0 Å². The van der Waals surface area contributed by atoms with Crippen molar-refractivity contribution >= 4 is 23.3 Å². The van der Waals surface area contributed by atoms with Gasteiger partial charge in [-0.05, 0) is 43.2 Å². The van der Waals surface area contributed by atoms with E-state index < -0.39 is 0 Å². The van der Waals surface area contributed by atoms with Gasteiger partial charge in [-0.3, -0.25) is 4.79 Å². The SMILES string of the molecule is COCCCNC(=O)Nc1cc(C(=O)Nc2ccccc2)ccc1C. The molecule has 6 heteroatoms. The van der Waals surface area contributed by atoms with E-state index in [2.05, 4.69) is 16.0 Å². The Kier molecular flexibility index (Phi) is 6.98. The number of methoxy groups -OCH3 is 1. The van der Waals surface area contributed by atoms with E-state index >= 15 is 0 Å². The van der Waals surface area contributed by atoms with Crippen LogP contribution < -0.4 is 16.0 Å². The van der Waals surface area contributed by atoms with E-state index in [4.69, 9.17) is 4.74 Å². The fraction of sp³-hybridized carbons (Fsp3) is 0.263. The van der Waals surface area contributed by atoms with Crippen molar-refractivity contribution in [1.29, 1.82) is 0 Å². The molecule has 25 heavy (non-hydrogen) atoms. The molecular formula is C19H23N3O3. The minimum atomic E-state index is -0.306. The van der Waals surface area contributed by atoms with Crippen LogP contribution in [0.5, 0.6) is 0 Å². The van der Waals surface area contributed by atoms with Gasteiger partial charge < -0.3 is 20.7 Å². The molecule has 0 saturated carbocycles. The Morgan fingerprint density at radius 1 is 1.04 bits per heavy atom. The summed E-state index contributed by atoms with van der Waals surface area (Å²) in [6, 6.07) is 14.1. The minimum absolute atomic E-state index is 0.227. The normalized spacial score (nSPS) is 10.2. The van der Waals surface area contributed by atoms with Crippen LogP contribution in [-0.2, 0) is 4.74 Å². The molecule has 0 radical (unpaired) electrons. The molecule has 0 aliphatic carbocycles. The molecular weight excluding hydrogens is 318 g/mol. The predicted molar refractivity (Wildman–Crippen MR) is 99.1 cm³/mol. The number of hydrogen-bond acceptors (Lipinski definition) is 3. The zero-order chi connectivity index (χ0) is 18.1. The van der Waals surface area contributed by atoms with Crippen molar-refractivity contribution in [3.63, 3.8) is 0 Å². The number of carbonyl (C=O) groups is 2. The molecule has 6 nitrogen and oxygen atoms in total. The van der Waals surface area contributed by atoms with Crippen LogP contribution in [-0.4, -0.2) is 32.2 Å². The van der Waals surface area contributed by atoms with Gasteiger partial charge in [-0.1, -0.05) is 24.3 Å². The highest BCUT2D eigenvalue weighted by Crippen LogP contribution is 2.18. The van der Waals surface area contributed by atoms with Crippen molar-refractivity contribution in [2.75, 3.05) is 30.9 Å². The van der Waals surface area contributed by atoms with E-state index in [1.165, 1.54) is 0 Å². The number of urea groups is 1. The van der Waals surface area contributed by atoms with Crippen LogP contribution in [0.4, 0.5) is 16.2 Å². The Bertz CT molecular complexity index is 717. The van der Waals surface area contributed by atoms with Crippen molar-refractivity contribution in [3.05, 3.63) is 59.7 Å². The van der Waals surface area contributed by atoms with E-state index in [0.29, 0.717) is 24.4 Å². The molecule has 132 valence electrons. The van der Waals surface area contributed by atoms with Crippen LogP contribution in [0.25, 0.3) is 0 Å². The number of amides is 3. The maximum atomic E-state index is 12.4. The molecule has 0 bridgehead atoms. The molecule has 0 aromatic heterocycles. The third kappa shape index (κ3) is 5.93. The molecule has 3 amide bonds. The van der Waals surface area contributed by atoms with E-state index in [-0.39, 0.29) is 11.9 Å². The maximum Gasteiger partial charge on any atom is 0.319 e. The standard InChI is InChI=1S/C19H23N3O3/c1-14-9-10-15(18(23)21-16-7-4-3-5-8-16)13-17(14)22-19(24)20-11-6-12-25-2/h3-5,7-10,13H,6,11-12H2,1-2H3,(H,21,23)(H2,20,22,24). The molecule has 2 aromatic carbocycles. The fourth-order valence-corrected chi connectivity index (χ4v) is 2.21. The van der Waals surface area contributed by atoms with Gasteiger partial charge in [0.1, 0.15) is 0 Å². The number of ether oxygens (including phenoxy) is 1. The molecule has 2 aromatic rings. The van der Waals surface area contributed by atoms with Crippen molar-refractivity contribution in [2.24, 2.45) is 0 Å². The Labute approximate surface area is 147 Å². The molecule has 0 aliphatic heterocycles. The smallest absolute Gasteiger partial charge is 0.319 e. The molecule has 0 spiro atoms.